The molecule has 2 heterocycles. The molecule has 2 N–H and O–H groups in total. The summed E-state index contributed by atoms with van der Waals surface area (Å²) in [6.45, 7) is 1.90. The van der Waals surface area contributed by atoms with Crippen molar-refractivity contribution < 1.29 is 5.11 Å². The molecule has 0 spiro atoms. The third-order valence-electron chi connectivity index (χ3n) is 2.64. The highest BCUT2D eigenvalue weighted by atomic mass is 16.3. The van der Waals surface area contributed by atoms with E-state index in [-0.39, 0.29) is 0 Å². The summed E-state index contributed by atoms with van der Waals surface area (Å²) in [7, 11) is 0. The Balaban J connectivity index is 2.15. The van der Waals surface area contributed by atoms with Gasteiger partial charge in [-0.3, -0.25) is 5.32 Å². The molecule has 0 aromatic rings. The number of hydrogen-bond donors (Lipinski definition) is 2. The molecule has 12 heavy (non-hydrogen) atoms. The number of nitrogens with zero attached hydrogens (tertiary/aromatic N) is 1. The van der Waals surface area contributed by atoms with Gasteiger partial charge in [-0.1, -0.05) is 6.08 Å². The highest BCUT2D eigenvalue weighted by Gasteiger charge is 2.34. The third-order valence-corrected chi connectivity index (χ3v) is 2.64. The van der Waals surface area contributed by atoms with E-state index in [9.17, 15) is 5.11 Å². The second kappa shape index (κ2) is 3.07. The first-order valence-corrected chi connectivity index (χ1v) is 4.72. The van der Waals surface area contributed by atoms with Crippen molar-refractivity contribution in [2.24, 2.45) is 0 Å². The second-order valence-electron chi connectivity index (χ2n) is 3.57. The summed E-state index contributed by atoms with van der Waals surface area (Å²) in [4.78, 5) is 2.02. The van der Waals surface area contributed by atoms with E-state index < -0.39 is 5.85 Å². The number of allylic oxidation sites excluding steroid dienone is 1. The van der Waals surface area contributed by atoms with Crippen molar-refractivity contribution in [1.29, 1.82) is 0 Å². The molecule has 0 radical (unpaired) electrons. The molecule has 2 rings (SSSR count). The standard InChI is InChI=1S/C9H16N2O/c12-9-5-2-1-3-7-11(9)8-4-6-10-9/h3,7,10,12H,1-2,4-6,8H2. The largest absolute Gasteiger partial charge is 0.358 e. The van der Waals surface area contributed by atoms with Crippen LogP contribution in [-0.2, 0) is 0 Å². The average molecular weight is 168 g/mol. The Bertz CT molecular complexity index is 193. The monoisotopic (exact) mass is 168 g/mol. The summed E-state index contributed by atoms with van der Waals surface area (Å²) in [5.41, 5.74) is 0. The molecule has 0 amide bonds. The van der Waals surface area contributed by atoms with Gasteiger partial charge in [-0.25, -0.2) is 0 Å². The topological polar surface area (TPSA) is 35.5 Å². The van der Waals surface area contributed by atoms with Crippen molar-refractivity contribution >= 4 is 0 Å². The Kier molecular flexibility index (Phi) is 2.07. The van der Waals surface area contributed by atoms with Crippen LogP contribution in [-0.4, -0.2) is 28.9 Å². The summed E-state index contributed by atoms with van der Waals surface area (Å²) in [5, 5.41) is 13.3. The van der Waals surface area contributed by atoms with Gasteiger partial charge >= 0.3 is 0 Å². The Labute approximate surface area is 73.1 Å². The highest BCUT2D eigenvalue weighted by Crippen LogP contribution is 2.23. The first-order chi connectivity index (χ1) is 5.81. The number of aliphatic hydroxyl groups is 1. The molecule has 2 aliphatic rings. The second-order valence-corrected chi connectivity index (χ2v) is 3.57. The van der Waals surface area contributed by atoms with Crippen LogP contribution < -0.4 is 5.32 Å². The molecule has 1 fully saturated rings. The zero-order valence-electron chi connectivity index (χ0n) is 7.29. The molecule has 0 aliphatic carbocycles. The lowest BCUT2D eigenvalue weighted by molar-refractivity contribution is -0.130. The maximum absolute atomic E-state index is 10.1. The number of fused-ring (bicyclic) bond motifs is 1. The predicted octanol–water partition coefficient (Wildman–Crippen LogP) is 0.625. The highest BCUT2D eigenvalue weighted by molar-refractivity contribution is 4.95. The van der Waals surface area contributed by atoms with Crippen LogP contribution >= 0.6 is 0 Å². The molecule has 1 unspecified atom stereocenters. The Morgan fingerprint density at radius 3 is 3.25 bits per heavy atom. The van der Waals surface area contributed by atoms with Crippen molar-refractivity contribution in [3.63, 3.8) is 0 Å². The van der Waals surface area contributed by atoms with Gasteiger partial charge in [-0.2, -0.15) is 0 Å². The third kappa shape index (κ3) is 1.34. The lowest BCUT2D eigenvalue weighted by Crippen LogP contribution is -2.60. The fraction of sp³-hybridized carbons (Fsp3) is 0.778. The maximum Gasteiger partial charge on any atom is 0.194 e. The first kappa shape index (κ1) is 8.08. The van der Waals surface area contributed by atoms with Crippen LogP contribution in [0.2, 0.25) is 0 Å². The van der Waals surface area contributed by atoms with E-state index in [4.69, 9.17) is 0 Å². The van der Waals surface area contributed by atoms with Crippen molar-refractivity contribution in [3.8, 4) is 0 Å². The van der Waals surface area contributed by atoms with Crippen LogP contribution in [0.25, 0.3) is 0 Å². The molecule has 0 aromatic carbocycles. The van der Waals surface area contributed by atoms with Crippen LogP contribution in [0.3, 0.4) is 0 Å². The molecule has 1 saturated heterocycles. The molecule has 0 saturated carbocycles. The average Bonchev–Trinajstić information content (AvgIpc) is 2.25. The molecule has 0 aromatic heterocycles. The summed E-state index contributed by atoms with van der Waals surface area (Å²) in [6, 6.07) is 0. The maximum atomic E-state index is 10.1. The minimum Gasteiger partial charge on any atom is -0.358 e. The van der Waals surface area contributed by atoms with Gasteiger partial charge in [0.2, 0.25) is 0 Å². The summed E-state index contributed by atoms with van der Waals surface area (Å²) in [6.07, 6.45) is 8.27. The van der Waals surface area contributed by atoms with Crippen molar-refractivity contribution in [1.82, 2.24) is 10.2 Å². The molecule has 1 atom stereocenters. The number of nitrogens with one attached hydrogen (secondary N) is 1. The fourth-order valence-electron chi connectivity index (χ4n) is 1.92. The van der Waals surface area contributed by atoms with E-state index in [2.05, 4.69) is 11.4 Å². The minimum atomic E-state index is -0.745. The van der Waals surface area contributed by atoms with E-state index in [0.29, 0.717) is 0 Å². The zero-order chi connectivity index (χ0) is 8.44. The van der Waals surface area contributed by atoms with Gasteiger partial charge < -0.3 is 10.0 Å². The van der Waals surface area contributed by atoms with Gasteiger partial charge in [0.15, 0.2) is 5.85 Å². The van der Waals surface area contributed by atoms with Crippen LogP contribution in [0.1, 0.15) is 25.7 Å². The first-order valence-electron chi connectivity index (χ1n) is 4.72. The molecular weight excluding hydrogens is 152 g/mol. The van der Waals surface area contributed by atoms with Gasteiger partial charge in [0.05, 0.1) is 0 Å². The van der Waals surface area contributed by atoms with E-state index in [1.165, 1.54) is 0 Å². The Hall–Kier alpha value is -0.540. The Morgan fingerprint density at radius 1 is 1.42 bits per heavy atom. The van der Waals surface area contributed by atoms with Crippen molar-refractivity contribution in [3.05, 3.63) is 12.3 Å². The molecule has 0 bridgehead atoms. The summed E-state index contributed by atoms with van der Waals surface area (Å²) in [5.74, 6) is -0.745. The smallest absolute Gasteiger partial charge is 0.194 e. The fourth-order valence-corrected chi connectivity index (χ4v) is 1.92. The van der Waals surface area contributed by atoms with E-state index >= 15 is 0 Å². The predicted molar refractivity (Wildman–Crippen MR) is 47.3 cm³/mol. The van der Waals surface area contributed by atoms with E-state index in [0.717, 1.165) is 38.8 Å². The molecular formula is C9H16N2O. The van der Waals surface area contributed by atoms with Gasteiger partial charge in [-0.15, -0.1) is 0 Å². The van der Waals surface area contributed by atoms with Crippen LogP contribution in [0.15, 0.2) is 12.3 Å². The van der Waals surface area contributed by atoms with Gasteiger partial charge in [0.25, 0.3) is 0 Å². The van der Waals surface area contributed by atoms with Crippen LogP contribution in [0.4, 0.5) is 0 Å². The van der Waals surface area contributed by atoms with Crippen molar-refractivity contribution in [2.75, 3.05) is 13.1 Å². The molecule has 2 aliphatic heterocycles. The number of rotatable bonds is 0. The van der Waals surface area contributed by atoms with Gasteiger partial charge in [0.1, 0.15) is 0 Å². The van der Waals surface area contributed by atoms with E-state index in [1.54, 1.807) is 0 Å². The van der Waals surface area contributed by atoms with Gasteiger partial charge in [0, 0.05) is 19.5 Å². The molecule has 3 nitrogen and oxygen atoms in total. The van der Waals surface area contributed by atoms with E-state index in [1.807, 2.05) is 11.1 Å². The summed E-state index contributed by atoms with van der Waals surface area (Å²) < 4.78 is 0. The summed E-state index contributed by atoms with van der Waals surface area (Å²) >= 11 is 0. The van der Waals surface area contributed by atoms with Gasteiger partial charge in [-0.05, 0) is 25.5 Å². The zero-order valence-corrected chi connectivity index (χ0v) is 7.29. The molecule has 68 valence electrons. The van der Waals surface area contributed by atoms with Crippen LogP contribution in [0.5, 0.6) is 0 Å². The lowest BCUT2D eigenvalue weighted by Gasteiger charge is -2.42. The van der Waals surface area contributed by atoms with Crippen molar-refractivity contribution in [2.45, 2.75) is 31.5 Å². The normalized spacial score (nSPS) is 35.9. The SMILES string of the molecule is OC12CCCC=CN1CCCN2. The Morgan fingerprint density at radius 2 is 2.33 bits per heavy atom. The quantitative estimate of drug-likeness (QED) is 0.557. The molecule has 3 heteroatoms. The number of hydrogen-bond acceptors (Lipinski definition) is 3. The minimum absolute atomic E-state index is 0.745. The van der Waals surface area contributed by atoms with Crippen LogP contribution in [0, 0.1) is 0 Å². The lowest BCUT2D eigenvalue weighted by atomic mass is 10.1.